The molecule has 5 rings (SSSR count). The van der Waals surface area contributed by atoms with E-state index in [0.29, 0.717) is 42.1 Å². The third-order valence-corrected chi connectivity index (χ3v) is 7.58. The molecule has 4 heterocycles. The molecule has 4 aromatic rings. The highest BCUT2D eigenvalue weighted by molar-refractivity contribution is 5.97. The second-order valence-corrected chi connectivity index (χ2v) is 10.6. The summed E-state index contributed by atoms with van der Waals surface area (Å²) in [5, 5.41) is 13.6. The Hall–Kier alpha value is -4.81. The summed E-state index contributed by atoms with van der Waals surface area (Å²) in [5.74, 6) is 0.343. The van der Waals surface area contributed by atoms with E-state index >= 15 is 0 Å². The smallest absolute Gasteiger partial charge is 0.320 e. The van der Waals surface area contributed by atoms with Gasteiger partial charge in [-0.3, -0.25) is 15.1 Å². The number of urea groups is 1. The average Bonchev–Trinajstić information content (AvgIpc) is 3.59. The number of nitrogens with one attached hydrogen (secondary N) is 3. The lowest BCUT2D eigenvalue weighted by Crippen LogP contribution is -2.40. The SMILES string of the molecule is CNC(=O)c1cc(-c2nn(-c3ccccc3)c(NC(=O)N[C@@H]3C[C@@H](CCOC)O[C@H]3c3ccnc(C)c3)c2C)cnc1OC. The van der Waals surface area contributed by atoms with Crippen LogP contribution < -0.4 is 20.7 Å². The molecule has 0 radical (unpaired) electrons. The van der Waals surface area contributed by atoms with Gasteiger partial charge in [0.2, 0.25) is 5.88 Å². The molecule has 1 aliphatic heterocycles. The monoisotopic (exact) mass is 599 g/mol. The van der Waals surface area contributed by atoms with Crippen molar-refractivity contribution in [2.24, 2.45) is 0 Å². The first-order valence-electron chi connectivity index (χ1n) is 14.4. The van der Waals surface area contributed by atoms with Gasteiger partial charge >= 0.3 is 6.03 Å². The Labute approximate surface area is 256 Å². The van der Waals surface area contributed by atoms with Crippen LogP contribution in [0.4, 0.5) is 10.6 Å². The van der Waals surface area contributed by atoms with E-state index in [1.54, 1.807) is 37.3 Å². The van der Waals surface area contributed by atoms with Crippen molar-refractivity contribution in [2.75, 3.05) is 33.2 Å². The van der Waals surface area contributed by atoms with Gasteiger partial charge in [-0.05, 0) is 62.6 Å². The lowest BCUT2D eigenvalue weighted by molar-refractivity contribution is 0.0211. The average molecular weight is 600 g/mol. The van der Waals surface area contributed by atoms with Crippen molar-refractivity contribution in [3.8, 4) is 22.8 Å². The molecule has 0 aliphatic carbocycles. The molecule has 0 spiro atoms. The second-order valence-electron chi connectivity index (χ2n) is 10.6. The highest BCUT2D eigenvalue weighted by atomic mass is 16.5. The van der Waals surface area contributed by atoms with Gasteiger partial charge in [0.1, 0.15) is 17.5 Å². The van der Waals surface area contributed by atoms with Gasteiger partial charge in [-0.2, -0.15) is 5.10 Å². The molecule has 1 fully saturated rings. The Bertz CT molecular complexity index is 1620. The molecule has 44 heavy (non-hydrogen) atoms. The number of carbonyl (C=O) groups is 2. The van der Waals surface area contributed by atoms with Crippen LogP contribution in [0.25, 0.3) is 16.9 Å². The Morgan fingerprint density at radius 2 is 1.89 bits per heavy atom. The first kappa shape index (κ1) is 30.6. The van der Waals surface area contributed by atoms with E-state index in [-0.39, 0.29) is 35.6 Å². The number of amides is 3. The molecule has 0 bridgehead atoms. The molecule has 3 amide bonds. The number of aryl methyl sites for hydroxylation is 1. The molecule has 1 aliphatic rings. The van der Waals surface area contributed by atoms with Crippen molar-refractivity contribution >= 4 is 17.8 Å². The minimum Gasteiger partial charge on any atom is -0.480 e. The van der Waals surface area contributed by atoms with Crippen LogP contribution >= 0.6 is 0 Å². The zero-order chi connectivity index (χ0) is 31.2. The number of pyridine rings is 2. The number of anilines is 1. The molecule has 0 unspecified atom stereocenters. The Morgan fingerprint density at radius 3 is 2.59 bits per heavy atom. The van der Waals surface area contributed by atoms with Crippen LogP contribution in [-0.2, 0) is 9.47 Å². The summed E-state index contributed by atoms with van der Waals surface area (Å²) >= 11 is 0. The van der Waals surface area contributed by atoms with Gasteiger partial charge in [-0.1, -0.05) is 18.2 Å². The molecule has 0 saturated carbocycles. The fourth-order valence-corrected chi connectivity index (χ4v) is 5.42. The molecule has 3 N–H and O–H groups in total. The molecular formula is C32H37N7O5. The molecule has 1 aromatic carbocycles. The Morgan fingerprint density at radius 1 is 1.09 bits per heavy atom. The number of hydrogen-bond donors (Lipinski definition) is 3. The summed E-state index contributed by atoms with van der Waals surface area (Å²) in [7, 11) is 4.66. The number of benzene rings is 1. The van der Waals surface area contributed by atoms with E-state index in [1.807, 2.05) is 56.3 Å². The maximum atomic E-state index is 13.6. The first-order chi connectivity index (χ1) is 21.3. The van der Waals surface area contributed by atoms with Gasteiger partial charge in [-0.15, -0.1) is 0 Å². The number of nitrogens with zero attached hydrogens (tertiary/aromatic N) is 4. The number of para-hydroxylation sites is 1. The zero-order valence-electron chi connectivity index (χ0n) is 25.5. The van der Waals surface area contributed by atoms with E-state index in [0.717, 1.165) is 16.9 Å². The van der Waals surface area contributed by atoms with Gasteiger partial charge in [0.05, 0.1) is 30.6 Å². The highest BCUT2D eigenvalue weighted by Gasteiger charge is 2.37. The molecule has 230 valence electrons. The summed E-state index contributed by atoms with van der Waals surface area (Å²) < 4.78 is 18.6. The summed E-state index contributed by atoms with van der Waals surface area (Å²) in [5.41, 5.74) is 4.69. The number of carbonyl (C=O) groups excluding carboxylic acids is 2. The van der Waals surface area contributed by atoms with E-state index in [1.165, 1.54) is 7.11 Å². The van der Waals surface area contributed by atoms with Crippen molar-refractivity contribution in [1.29, 1.82) is 0 Å². The van der Waals surface area contributed by atoms with Crippen molar-refractivity contribution in [1.82, 2.24) is 30.4 Å². The van der Waals surface area contributed by atoms with Gasteiger partial charge < -0.3 is 24.8 Å². The quantitative estimate of drug-likeness (QED) is 0.244. The van der Waals surface area contributed by atoms with E-state index in [9.17, 15) is 9.59 Å². The van der Waals surface area contributed by atoms with Crippen molar-refractivity contribution < 1.29 is 23.8 Å². The van der Waals surface area contributed by atoms with Gasteiger partial charge in [-0.25, -0.2) is 14.5 Å². The van der Waals surface area contributed by atoms with E-state index < -0.39 is 6.03 Å². The van der Waals surface area contributed by atoms with Crippen LogP contribution in [0.5, 0.6) is 5.88 Å². The van der Waals surface area contributed by atoms with Crippen molar-refractivity contribution in [2.45, 2.75) is 44.9 Å². The fraction of sp³-hybridized carbons (Fsp3) is 0.344. The molecule has 1 saturated heterocycles. The fourth-order valence-electron chi connectivity index (χ4n) is 5.42. The van der Waals surface area contributed by atoms with Crippen LogP contribution in [-0.4, -0.2) is 71.7 Å². The normalized spacial score (nSPS) is 17.7. The number of rotatable bonds is 10. The third-order valence-electron chi connectivity index (χ3n) is 7.58. The van der Waals surface area contributed by atoms with Crippen LogP contribution in [0.3, 0.4) is 0 Å². The number of methoxy groups -OCH3 is 2. The van der Waals surface area contributed by atoms with E-state index in [2.05, 4.69) is 25.9 Å². The molecule has 3 atom stereocenters. The van der Waals surface area contributed by atoms with Gasteiger partial charge in [0.15, 0.2) is 0 Å². The lowest BCUT2D eigenvalue weighted by Gasteiger charge is -2.21. The molecule has 12 heteroatoms. The Kier molecular flexibility index (Phi) is 9.51. The predicted octanol–water partition coefficient (Wildman–Crippen LogP) is 4.37. The van der Waals surface area contributed by atoms with E-state index in [4.69, 9.17) is 19.3 Å². The summed E-state index contributed by atoms with van der Waals surface area (Å²) in [6, 6.07) is 14.4. The maximum Gasteiger partial charge on any atom is 0.320 e. The third kappa shape index (κ3) is 6.56. The van der Waals surface area contributed by atoms with Crippen molar-refractivity contribution in [3.05, 3.63) is 83.3 Å². The van der Waals surface area contributed by atoms with Gasteiger partial charge in [0, 0.05) is 50.0 Å². The topological polar surface area (TPSA) is 142 Å². The van der Waals surface area contributed by atoms with Crippen molar-refractivity contribution in [3.63, 3.8) is 0 Å². The lowest BCUT2D eigenvalue weighted by atomic mass is 10.0. The number of hydrogen-bond acceptors (Lipinski definition) is 8. The van der Waals surface area contributed by atoms with Gasteiger partial charge in [0.25, 0.3) is 5.91 Å². The minimum absolute atomic E-state index is 0.0704. The minimum atomic E-state index is -0.396. The van der Waals surface area contributed by atoms with Crippen LogP contribution in [0.15, 0.2) is 60.9 Å². The standard InChI is InChI=1S/C32H37N7O5/c1-19-15-21(11-13-34-19)28-26(17-24(44-28)12-14-42-4)36-32(41)37-29-20(2)27(38-39(29)23-9-7-6-8-10-23)22-16-25(30(40)33-3)31(43-5)35-18-22/h6-11,13,15-16,18,24,26,28H,12,14,17H2,1-5H3,(H,33,40)(H2,36,37,41)/t24-,26-,28+/m1/s1. The maximum absolute atomic E-state index is 13.6. The van der Waals surface area contributed by atoms with Crippen LogP contribution in [0.1, 0.15) is 46.1 Å². The Balaban J connectivity index is 1.46. The molecule has 12 nitrogen and oxygen atoms in total. The first-order valence-corrected chi connectivity index (χ1v) is 14.4. The molecular weight excluding hydrogens is 562 g/mol. The number of aromatic nitrogens is 4. The second kappa shape index (κ2) is 13.7. The summed E-state index contributed by atoms with van der Waals surface area (Å²) in [6.07, 6.45) is 4.28. The molecule has 3 aromatic heterocycles. The zero-order valence-corrected chi connectivity index (χ0v) is 25.5. The highest BCUT2D eigenvalue weighted by Crippen LogP contribution is 2.36. The number of ether oxygens (including phenoxy) is 3. The predicted molar refractivity (Wildman–Crippen MR) is 165 cm³/mol. The van der Waals surface area contributed by atoms with Crippen LogP contribution in [0.2, 0.25) is 0 Å². The largest absolute Gasteiger partial charge is 0.480 e. The summed E-state index contributed by atoms with van der Waals surface area (Å²) in [6.45, 7) is 4.35. The van der Waals surface area contributed by atoms with Crippen LogP contribution in [0, 0.1) is 13.8 Å². The summed E-state index contributed by atoms with van der Waals surface area (Å²) in [4.78, 5) is 34.8.